The van der Waals surface area contributed by atoms with E-state index in [1.165, 1.54) is 0 Å². The van der Waals surface area contributed by atoms with E-state index in [1.807, 2.05) is 13.8 Å². The molecule has 2 aliphatic heterocycles. The highest BCUT2D eigenvalue weighted by Crippen LogP contribution is 2.32. The molecule has 0 spiro atoms. The topological polar surface area (TPSA) is 103 Å². The summed E-state index contributed by atoms with van der Waals surface area (Å²) in [6.45, 7) is 4.20. The van der Waals surface area contributed by atoms with E-state index in [0.29, 0.717) is 23.5 Å². The maximum Gasteiger partial charge on any atom is 0.252 e. The number of hydrogen-bond donors (Lipinski definition) is 2. The fourth-order valence-electron chi connectivity index (χ4n) is 2.85. The summed E-state index contributed by atoms with van der Waals surface area (Å²) in [7, 11) is 0. The van der Waals surface area contributed by atoms with Crippen LogP contribution in [0.4, 0.5) is 0 Å². The molecule has 2 aliphatic rings. The number of carbonyl (C=O) groups excluding carboxylic acids is 3. The Bertz CT molecular complexity index is 718. The Morgan fingerprint density at radius 3 is 2.69 bits per heavy atom. The van der Waals surface area contributed by atoms with Crippen molar-refractivity contribution in [2.24, 2.45) is 5.92 Å². The molecule has 0 aliphatic carbocycles. The molecule has 2 N–H and O–H groups in total. The van der Waals surface area contributed by atoms with Crippen LogP contribution in [-0.2, 0) is 14.3 Å². The summed E-state index contributed by atoms with van der Waals surface area (Å²) in [6.07, 6.45) is 0.448. The summed E-state index contributed by atoms with van der Waals surface area (Å²) in [5, 5.41) is 5.40. The fraction of sp³-hybridized carbons (Fsp3) is 0.500. The van der Waals surface area contributed by atoms with E-state index in [1.54, 1.807) is 18.2 Å². The second-order valence-corrected chi connectivity index (χ2v) is 6.77. The van der Waals surface area contributed by atoms with Gasteiger partial charge in [-0.3, -0.25) is 14.4 Å². The van der Waals surface area contributed by atoms with Gasteiger partial charge in [-0.1, -0.05) is 13.8 Å². The average Bonchev–Trinajstić information content (AvgIpc) is 3.22. The number of fused-ring (bicyclic) bond motifs is 1. The maximum absolute atomic E-state index is 12.6. The lowest BCUT2D eigenvalue weighted by Crippen LogP contribution is -2.52. The van der Waals surface area contributed by atoms with Gasteiger partial charge in [0.15, 0.2) is 17.3 Å². The van der Waals surface area contributed by atoms with Crippen LogP contribution in [0.3, 0.4) is 0 Å². The van der Waals surface area contributed by atoms with Gasteiger partial charge in [-0.25, -0.2) is 0 Å². The average molecular weight is 362 g/mol. The lowest BCUT2D eigenvalue weighted by atomic mass is 10.0. The zero-order valence-corrected chi connectivity index (χ0v) is 14.7. The van der Waals surface area contributed by atoms with Gasteiger partial charge in [-0.2, -0.15) is 0 Å². The number of ether oxygens (including phenoxy) is 3. The first-order valence-corrected chi connectivity index (χ1v) is 8.55. The van der Waals surface area contributed by atoms with Gasteiger partial charge >= 0.3 is 0 Å². The molecule has 140 valence electrons. The van der Waals surface area contributed by atoms with E-state index in [4.69, 9.17) is 14.2 Å². The number of amides is 2. The number of nitrogens with one attached hydrogen (secondary N) is 2. The largest absolute Gasteiger partial charge is 0.454 e. The van der Waals surface area contributed by atoms with Gasteiger partial charge in [-0.05, 0) is 30.5 Å². The van der Waals surface area contributed by atoms with Crippen molar-refractivity contribution in [1.29, 1.82) is 0 Å². The highest BCUT2D eigenvalue weighted by Gasteiger charge is 2.31. The Kier molecular flexibility index (Phi) is 5.41. The van der Waals surface area contributed by atoms with Crippen molar-refractivity contribution in [3.63, 3.8) is 0 Å². The molecule has 2 heterocycles. The number of rotatable bonds is 6. The van der Waals surface area contributed by atoms with Gasteiger partial charge in [0.1, 0.15) is 18.7 Å². The first kappa shape index (κ1) is 18.2. The first-order valence-electron chi connectivity index (χ1n) is 8.55. The van der Waals surface area contributed by atoms with Crippen LogP contribution in [0.5, 0.6) is 11.5 Å². The van der Waals surface area contributed by atoms with Crippen molar-refractivity contribution < 1.29 is 28.6 Å². The molecule has 0 radical (unpaired) electrons. The molecule has 3 rings (SSSR count). The van der Waals surface area contributed by atoms with Crippen molar-refractivity contribution in [3.05, 3.63) is 23.8 Å². The summed E-state index contributed by atoms with van der Waals surface area (Å²) in [5.41, 5.74) is 0.371. The predicted octanol–water partition coefficient (Wildman–Crippen LogP) is 0.644. The van der Waals surface area contributed by atoms with Gasteiger partial charge in [0.25, 0.3) is 5.91 Å². The molecule has 2 atom stereocenters. The van der Waals surface area contributed by atoms with Gasteiger partial charge < -0.3 is 24.8 Å². The van der Waals surface area contributed by atoms with E-state index in [0.717, 1.165) is 0 Å². The Labute approximate surface area is 151 Å². The molecule has 8 heteroatoms. The van der Waals surface area contributed by atoms with Crippen LogP contribution < -0.4 is 20.1 Å². The van der Waals surface area contributed by atoms with Gasteiger partial charge in [0.05, 0.1) is 6.61 Å². The summed E-state index contributed by atoms with van der Waals surface area (Å²) < 4.78 is 15.5. The molecule has 8 nitrogen and oxygen atoms in total. The van der Waals surface area contributed by atoms with Crippen LogP contribution in [-0.4, -0.2) is 49.7 Å². The zero-order chi connectivity index (χ0) is 18.7. The summed E-state index contributed by atoms with van der Waals surface area (Å²) in [4.78, 5) is 36.8. The highest BCUT2D eigenvalue weighted by molar-refractivity contribution is 5.99. The minimum atomic E-state index is -0.749. The van der Waals surface area contributed by atoms with Crippen LogP contribution >= 0.6 is 0 Å². The van der Waals surface area contributed by atoms with Gasteiger partial charge in [0.2, 0.25) is 12.7 Å². The van der Waals surface area contributed by atoms with Gasteiger partial charge in [0, 0.05) is 5.56 Å². The molecular formula is C18H22N2O6. The monoisotopic (exact) mass is 362 g/mol. The first-order chi connectivity index (χ1) is 12.4. The Morgan fingerprint density at radius 2 is 2.00 bits per heavy atom. The van der Waals surface area contributed by atoms with Crippen molar-refractivity contribution in [1.82, 2.24) is 10.6 Å². The quantitative estimate of drug-likeness (QED) is 0.770. The molecule has 1 fully saturated rings. The van der Waals surface area contributed by atoms with Crippen LogP contribution in [0.25, 0.3) is 0 Å². The van der Waals surface area contributed by atoms with Crippen LogP contribution in [0.2, 0.25) is 0 Å². The van der Waals surface area contributed by atoms with Crippen LogP contribution in [0, 0.1) is 5.92 Å². The predicted molar refractivity (Wildman–Crippen MR) is 91.0 cm³/mol. The number of carbonyl (C=O) groups is 3. The smallest absolute Gasteiger partial charge is 0.252 e. The molecule has 26 heavy (non-hydrogen) atoms. The van der Waals surface area contributed by atoms with Crippen molar-refractivity contribution >= 4 is 17.6 Å². The lowest BCUT2D eigenvalue weighted by molar-refractivity contribution is -0.127. The number of benzene rings is 1. The van der Waals surface area contributed by atoms with E-state index in [9.17, 15) is 14.4 Å². The minimum absolute atomic E-state index is 0.00332. The molecule has 0 saturated carbocycles. The maximum atomic E-state index is 12.6. The molecule has 1 unspecified atom stereocenters. The SMILES string of the molecule is CC(C)C[C@H](NC(=O)c1ccc2c(c1)OCO2)C(=O)NC1COCC1=O. The summed E-state index contributed by atoms with van der Waals surface area (Å²) in [5.74, 6) is 0.311. The Balaban J connectivity index is 1.68. The fourth-order valence-corrected chi connectivity index (χ4v) is 2.85. The standard InChI is InChI=1S/C18H22N2O6/c1-10(2)5-12(18(23)20-13-7-24-8-14(13)21)19-17(22)11-3-4-15-16(6-11)26-9-25-15/h3-4,6,10,12-13H,5,7-9H2,1-2H3,(H,19,22)(H,20,23)/t12-,13?/m0/s1. The van der Waals surface area contributed by atoms with Crippen molar-refractivity contribution in [3.8, 4) is 11.5 Å². The highest BCUT2D eigenvalue weighted by atomic mass is 16.7. The molecule has 0 aromatic heterocycles. The van der Waals surface area contributed by atoms with Gasteiger partial charge in [-0.15, -0.1) is 0 Å². The number of ketones is 1. The van der Waals surface area contributed by atoms with Crippen LogP contribution in [0.15, 0.2) is 18.2 Å². The van der Waals surface area contributed by atoms with E-state index in [-0.39, 0.29) is 31.7 Å². The third-order valence-electron chi connectivity index (χ3n) is 4.20. The summed E-state index contributed by atoms with van der Waals surface area (Å²) in [6, 6.07) is 3.45. The second-order valence-electron chi connectivity index (χ2n) is 6.77. The molecule has 1 aromatic rings. The van der Waals surface area contributed by atoms with E-state index < -0.39 is 23.9 Å². The molecule has 0 bridgehead atoms. The van der Waals surface area contributed by atoms with E-state index >= 15 is 0 Å². The second kappa shape index (κ2) is 7.74. The third-order valence-corrected chi connectivity index (χ3v) is 4.20. The summed E-state index contributed by atoms with van der Waals surface area (Å²) >= 11 is 0. The van der Waals surface area contributed by atoms with Crippen molar-refractivity contribution in [2.45, 2.75) is 32.4 Å². The Morgan fingerprint density at radius 1 is 1.23 bits per heavy atom. The third kappa shape index (κ3) is 4.13. The zero-order valence-electron chi connectivity index (χ0n) is 14.7. The molecular weight excluding hydrogens is 340 g/mol. The molecule has 1 aromatic carbocycles. The molecule has 2 amide bonds. The van der Waals surface area contributed by atoms with E-state index in [2.05, 4.69) is 10.6 Å². The minimum Gasteiger partial charge on any atom is -0.454 e. The number of Topliss-reactive ketones (excluding diaryl/α,β-unsaturated/α-hetero) is 1. The van der Waals surface area contributed by atoms with Crippen LogP contribution in [0.1, 0.15) is 30.6 Å². The Hall–Kier alpha value is -2.61. The number of hydrogen-bond acceptors (Lipinski definition) is 6. The molecule has 1 saturated heterocycles. The van der Waals surface area contributed by atoms with Crippen molar-refractivity contribution in [2.75, 3.05) is 20.0 Å². The lowest BCUT2D eigenvalue weighted by Gasteiger charge is -2.21. The normalized spacial score (nSPS) is 19.5.